The third-order valence-corrected chi connectivity index (χ3v) is 5.97. The molecule has 0 spiro atoms. The fraction of sp³-hybridized carbons (Fsp3) is 0.364. The van der Waals surface area contributed by atoms with Gasteiger partial charge >= 0.3 is 5.69 Å². The maximum absolute atomic E-state index is 13.8. The summed E-state index contributed by atoms with van der Waals surface area (Å²) in [4.78, 5) is 29.7. The third-order valence-electron chi connectivity index (χ3n) is 5.74. The number of H-pyrrole nitrogens is 1. The van der Waals surface area contributed by atoms with Crippen LogP contribution in [0.2, 0.25) is 5.02 Å². The Hall–Kier alpha value is -2.64. The molecule has 1 amide bonds. The molecule has 8 heteroatoms. The first-order valence-corrected chi connectivity index (χ1v) is 10.5. The highest BCUT2D eigenvalue weighted by molar-refractivity contribution is 6.31. The van der Waals surface area contributed by atoms with Crippen LogP contribution in [0.5, 0.6) is 0 Å². The van der Waals surface area contributed by atoms with Crippen molar-refractivity contribution < 1.29 is 9.18 Å². The van der Waals surface area contributed by atoms with E-state index in [2.05, 4.69) is 4.98 Å². The number of likely N-dealkylation sites (tertiary alicyclic amines) is 1. The summed E-state index contributed by atoms with van der Waals surface area (Å²) in [6.45, 7) is 1.12. The maximum atomic E-state index is 13.8. The number of benzene rings is 2. The highest BCUT2D eigenvalue weighted by Gasteiger charge is 2.27. The molecule has 0 radical (unpaired) electrons. The lowest BCUT2D eigenvalue weighted by atomic mass is 10.0. The van der Waals surface area contributed by atoms with Crippen LogP contribution in [0, 0.1) is 5.82 Å². The van der Waals surface area contributed by atoms with Crippen molar-refractivity contribution in [3.8, 4) is 0 Å². The molecule has 1 aliphatic rings. The highest BCUT2D eigenvalue weighted by Crippen LogP contribution is 2.26. The summed E-state index contributed by atoms with van der Waals surface area (Å²) in [7, 11) is 0. The summed E-state index contributed by atoms with van der Waals surface area (Å²) >= 11 is 6.01. The van der Waals surface area contributed by atoms with Gasteiger partial charge < -0.3 is 15.6 Å². The number of fused-ring (bicyclic) bond motifs is 1. The number of carbonyl (C=O) groups excluding carboxylic acids is 1. The lowest BCUT2D eigenvalue weighted by Crippen LogP contribution is -2.42. The maximum Gasteiger partial charge on any atom is 0.326 e. The van der Waals surface area contributed by atoms with Gasteiger partial charge in [0.15, 0.2) is 0 Å². The number of aromatic nitrogens is 2. The second-order valence-electron chi connectivity index (χ2n) is 7.83. The monoisotopic (exact) mass is 430 g/mol. The quantitative estimate of drug-likeness (QED) is 0.651. The standard InChI is InChI=1S/C22H24ClFN4O2/c23-15-5-6-20-19(12-15)26-22(30)28(20)17-7-9-27(10-8-17)21(29)13-16(25)11-14-3-1-2-4-18(14)24/h1-6,12,16-17H,7-11,13,25H2,(H,26,30)/t16-/m1/s1. The molecule has 3 N–H and O–H groups in total. The number of nitrogens with two attached hydrogens (primary N) is 1. The second kappa shape index (κ2) is 8.62. The summed E-state index contributed by atoms with van der Waals surface area (Å²) in [6, 6.07) is 11.4. The largest absolute Gasteiger partial charge is 0.342 e. The van der Waals surface area contributed by atoms with E-state index in [1.807, 2.05) is 6.07 Å². The molecule has 0 saturated carbocycles. The van der Waals surface area contributed by atoms with Gasteiger partial charge in [0.25, 0.3) is 0 Å². The minimum absolute atomic E-state index is 0.0172. The van der Waals surface area contributed by atoms with Crippen molar-refractivity contribution in [3.63, 3.8) is 0 Å². The fourth-order valence-electron chi connectivity index (χ4n) is 4.21. The number of piperidine rings is 1. The van der Waals surface area contributed by atoms with Crippen molar-refractivity contribution in [2.45, 2.75) is 37.8 Å². The number of nitrogens with one attached hydrogen (secondary N) is 1. The predicted molar refractivity (Wildman–Crippen MR) is 115 cm³/mol. The zero-order chi connectivity index (χ0) is 21.3. The molecule has 0 aliphatic carbocycles. The second-order valence-corrected chi connectivity index (χ2v) is 8.27. The summed E-state index contributed by atoms with van der Waals surface area (Å²) in [5, 5.41) is 0.572. The van der Waals surface area contributed by atoms with Crippen LogP contribution in [-0.4, -0.2) is 39.5 Å². The van der Waals surface area contributed by atoms with Crippen molar-refractivity contribution in [1.29, 1.82) is 0 Å². The van der Waals surface area contributed by atoms with Crippen LogP contribution in [0.25, 0.3) is 11.0 Å². The molecule has 2 aromatic carbocycles. The summed E-state index contributed by atoms with van der Waals surface area (Å²) in [5.41, 5.74) is 8.00. The number of hydrogen-bond acceptors (Lipinski definition) is 3. The van der Waals surface area contributed by atoms with E-state index in [0.717, 1.165) is 5.52 Å². The number of rotatable bonds is 5. The van der Waals surface area contributed by atoms with Gasteiger partial charge in [0, 0.05) is 36.6 Å². The lowest BCUT2D eigenvalue weighted by molar-refractivity contribution is -0.132. The van der Waals surface area contributed by atoms with E-state index in [9.17, 15) is 14.0 Å². The zero-order valence-corrected chi connectivity index (χ0v) is 17.2. The Labute approximate surface area is 178 Å². The number of halogens is 2. The molecule has 1 atom stereocenters. The molecule has 30 heavy (non-hydrogen) atoms. The smallest absolute Gasteiger partial charge is 0.326 e. The molecule has 158 valence electrons. The number of nitrogens with zero attached hydrogens (tertiary/aromatic N) is 2. The van der Waals surface area contributed by atoms with Crippen molar-refractivity contribution in [3.05, 3.63) is 69.4 Å². The van der Waals surface area contributed by atoms with Gasteiger partial charge in [-0.1, -0.05) is 29.8 Å². The normalized spacial score (nSPS) is 16.2. The number of imidazole rings is 1. The molecular formula is C22H24ClFN4O2. The van der Waals surface area contributed by atoms with E-state index < -0.39 is 6.04 Å². The van der Waals surface area contributed by atoms with Crippen LogP contribution in [-0.2, 0) is 11.2 Å². The SMILES string of the molecule is N[C@@H](CC(=O)N1CCC(n2c(=O)[nH]c3cc(Cl)ccc32)CC1)Cc1ccccc1F. The molecule has 1 fully saturated rings. The fourth-order valence-corrected chi connectivity index (χ4v) is 4.38. The number of hydrogen-bond donors (Lipinski definition) is 2. The highest BCUT2D eigenvalue weighted by atomic mass is 35.5. The van der Waals surface area contributed by atoms with Crippen molar-refractivity contribution in [1.82, 2.24) is 14.5 Å². The van der Waals surface area contributed by atoms with Crippen LogP contribution in [0.4, 0.5) is 4.39 Å². The molecular weight excluding hydrogens is 407 g/mol. The van der Waals surface area contributed by atoms with Gasteiger partial charge in [-0.25, -0.2) is 9.18 Å². The number of carbonyl (C=O) groups is 1. The van der Waals surface area contributed by atoms with Gasteiger partial charge in [-0.15, -0.1) is 0 Å². The Morgan fingerprint density at radius 1 is 1.23 bits per heavy atom. The van der Waals surface area contributed by atoms with E-state index in [-0.39, 0.29) is 29.9 Å². The van der Waals surface area contributed by atoms with Gasteiger partial charge in [-0.3, -0.25) is 9.36 Å². The van der Waals surface area contributed by atoms with Crippen molar-refractivity contribution >= 4 is 28.5 Å². The number of amides is 1. The van der Waals surface area contributed by atoms with Crippen LogP contribution in [0.1, 0.15) is 30.9 Å². The Morgan fingerprint density at radius 2 is 1.97 bits per heavy atom. The Balaban J connectivity index is 1.36. The first-order valence-electron chi connectivity index (χ1n) is 10.1. The summed E-state index contributed by atoms with van der Waals surface area (Å²) < 4.78 is 15.6. The zero-order valence-electron chi connectivity index (χ0n) is 16.5. The van der Waals surface area contributed by atoms with Crippen molar-refractivity contribution in [2.24, 2.45) is 5.73 Å². The van der Waals surface area contributed by atoms with E-state index in [4.69, 9.17) is 17.3 Å². The van der Waals surface area contributed by atoms with E-state index in [0.29, 0.717) is 48.5 Å². The molecule has 1 saturated heterocycles. The molecule has 0 unspecified atom stereocenters. The van der Waals surface area contributed by atoms with Gasteiger partial charge in [0.2, 0.25) is 5.91 Å². The first kappa shape index (κ1) is 20.6. The molecule has 1 aliphatic heterocycles. The van der Waals surface area contributed by atoms with Gasteiger partial charge in [0.1, 0.15) is 5.82 Å². The lowest BCUT2D eigenvalue weighted by Gasteiger charge is -2.33. The van der Waals surface area contributed by atoms with E-state index in [1.54, 1.807) is 39.8 Å². The first-order chi connectivity index (χ1) is 14.4. The van der Waals surface area contributed by atoms with Gasteiger partial charge in [-0.2, -0.15) is 0 Å². The van der Waals surface area contributed by atoms with Crippen LogP contribution < -0.4 is 11.4 Å². The van der Waals surface area contributed by atoms with Crippen LogP contribution >= 0.6 is 11.6 Å². The Bertz CT molecular complexity index is 1120. The van der Waals surface area contributed by atoms with E-state index in [1.165, 1.54) is 6.07 Å². The topological polar surface area (TPSA) is 84.1 Å². The van der Waals surface area contributed by atoms with Crippen LogP contribution in [0.3, 0.4) is 0 Å². The Kier molecular flexibility index (Phi) is 5.92. The molecule has 4 rings (SSSR count). The van der Waals surface area contributed by atoms with Gasteiger partial charge in [0.05, 0.1) is 11.0 Å². The van der Waals surface area contributed by atoms with E-state index >= 15 is 0 Å². The molecule has 0 bridgehead atoms. The summed E-state index contributed by atoms with van der Waals surface area (Å²) in [6.07, 6.45) is 1.86. The Morgan fingerprint density at radius 3 is 2.70 bits per heavy atom. The van der Waals surface area contributed by atoms with Crippen LogP contribution in [0.15, 0.2) is 47.3 Å². The number of aromatic amines is 1. The molecule has 3 aromatic rings. The minimum Gasteiger partial charge on any atom is -0.342 e. The average molecular weight is 431 g/mol. The summed E-state index contributed by atoms with van der Waals surface area (Å²) in [5.74, 6) is -0.331. The molecule has 1 aromatic heterocycles. The predicted octanol–water partition coefficient (Wildman–Crippen LogP) is 3.25. The van der Waals surface area contributed by atoms with Gasteiger partial charge in [-0.05, 0) is 49.1 Å². The molecule has 6 nitrogen and oxygen atoms in total. The third kappa shape index (κ3) is 4.27. The average Bonchev–Trinajstić information content (AvgIpc) is 3.04. The van der Waals surface area contributed by atoms with Crippen molar-refractivity contribution in [2.75, 3.05) is 13.1 Å². The molecule has 2 heterocycles. The minimum atomic E-state index is -0.437.